The van der Waals surface area contributed by atoms with Crippen molar-refractivity contribution in [2.45, 2.75) is 31.3 Å². The third kappa shape index (κ3) is 4.28. The third-order valence-electron chi connectivity index (χ3n) is 5.58. The number of thiophene rings is 2. The summed E-state index contributed by atoms with van der Waals surface area (Å²) in [5.41, 5.74) is 0.288. The van der Waals surface area contributed by atoms with Gasteiger partial charge in [-0.05, 0) is 49.8 Å². The van der Waals surface area contributed by atoms with Crippen LogP contribution in [0, 0.1) is 11.8 Å². The molecule has 7 nitrogen and oxygen atoms in total. The van der Waals surface area contributed by atoms with Crippen molar-refractivity contribution in [3.05, 3.63) is 68.7 Å². The zero-order chi connectivity index (χ0) is 23.9. The zero-order valence-corrected chi connectivity index (χ0v) is 20.1. The van der Waals surface area contributed by atoms with Gasteiger partial charge in [0.15, 0.2) is 0 Å². The highest BCUT2D eigenvalue weighted by Gasteiger charge is 2.53. The Kier molecular flexibility index (Phi) is 5.81. The molecular formula is C24H17ClN2O5S2. The van der Waals surface area contributed by atoms with E-state index in [0.29, 0.717) is 29.1 Å². The maximum atomic E-state index is 12.3. The van der Waals surface area contributed by atoms with Gasteiger partial charge in [0.05, 0.1) is 15.1 Å². The molecule has 3 heterocycles. The van der Waals surface area contributed by atoms with Crippen LogP contribution in [0.5, 0.6) is 0 Å². The van der Waals surface area contributed by atoms with Crippen LogP contribution in [0.3, 0.4) is 0 Å². The highest BCUT2D eigenvalue weighted by molar-refractivity contribution is 7.38. The molecule has 4 aromatic rings. The second-order valence-electron chi connectivity index (χ2n) is 7.86. The molecule has 0 aliphatic heterocycles. The van der Waals surface area contributed by atoms with Gasteiger partial charge in [-0.25, -0.2) is 4.79 Å². The largest absolute Gasteiger partial charge is 0.481 e. The van der Waals surface area contributed by atoms with Gasteiger partial charge >= 0.3 is 12.1 Å². The van der Waals surface area contributed by atoms with Crippen molar-refractivity contribution in [1.82, 2.24) is 5.16 Å². The number of ether oxygens (including phenoxy) is 1. The van der Waals surface area contributed by atoms with Crippen LogP contribution in [0.25, 0.3) is 9.40 Å². The van der Waals surface area contributed by atoms with Gasteiger partial charge in [-0.1, -0.05) is 35.0 Å². The molecule has 1 amide bonds. The number of carbonyl (C=O) groups excluding carboxylic acids is 1. The summed E-state index contributed by atoms with van der Waals surface area (Å²) in [6.07, 6.45) is 1.48. The topological polar surface area (TPSA) is 102 Å². The van der Waals surface area contributed by atoms with Crippen molar-refractivity contribution in [3.8, 4) is 11.8 Å². The predicted molar refractivity (Wildman–Crippen MR) is 131 cm³/mol. The number of fused-ring (bicyclic) bond motifs is 1. The molecule has 2 N–H and O–H groups in total. The molecule has 1 aromatic carbocycles. The summed E-state index contributed by atoms with van der Waals surface area (Å²) in [4.78, 5) is 25.6. The summed E-state index contributed by atoms with van der Waals surface area (Å²) in [7, 11) is 0. The van der Waals surface area contributed by atoms with Crippen LogP contribution >= 0.6 is 34.3 Å². The fourth-order valence-corrected chi connectivity index (χ4v) is 6.36. The van der Waals surface area contributed by atoms with Gasteiger partial charge in [-0.2, -0.15) is 0 Å². The van der Waals surface area contributed by atoms with Gasteiger partial charge in [-0.15, -0.1) is 22.7 Å². The first-order valence-electron chi connectivity index (χ1n) is 10.3. The summed E-state index contributed by atoms with van der Waals surface area (Å²) in [5, 5.41) is 17.3. The number of rotatable bonds is 5. The normalized spacial score (nSPS) is 14.8. The molecule has 10 heteroatoms. The maximum Gasteiger partial charge on any atom is 0.412 e. The van der Waals surface area contributed by atoms with Gasteiger partial charge < -0.3 is 14.4 Å². The number of nitrogens with zero attached hydrogens (tertiary/aromatic N) is 1. The number of benzene rings is 1. The molecule has 0 saturated heterocycles. The van der Waals surface area contributed by atoms with Crippen molar-refractivity contribution < 1.29 is 24.0 Å². The van der Waals surface area contributed by atoms with E-state index in [4.69, 9.17) is 20.9 Å². The number of anilines is 1. The van der Waals surface area contributed by atoms with E-state index in [2.05, 4.69) is 22.3 Å². The molecule has 172 valence electrons. The minimum atomic E-state index is -0.758. The van der Waals surface area contributed by atoms with Crippen molar-refractivity contribution in [2.75, 3.05) is 5.32 Å². The smallest absolute Gasteiger partial charge is 0.412 e. The summed E-state index contributed by atoms with van der Waals surface area (Å²) in [6, 6.07) is 11.0. The standard InChI is InChI=1S/C24H17ClN2O5S2/c1-13(16-4-2-3-5-17(16)25)31-23(30)27-18-12-26-32-19(18)7-6-15-10-14-11-20(34-21(14)33-15)24(8-9-24)22(28)29/h2-5,10-13H,8-9H2,1H3,(H,27,30)(H,28,29). The Morgan fingerprint density at radius 2 is 2.06 bits per heavy atom. The second-order valence-corrected chi connectivity index (χ2v) is 10.6. The van der Waals surface area contributed by atoms with E-state index in [1.54, 1.807) is 25.1 Å². The fraction of sp³-hybridized carbons (Fsp3) is 0.208. The molecule has 1 atom stereocenters. The number of nitrogens with one attached hydrogen (secondary N) is 1. The maximum absolute atomic E-state index is 12.3. The first-order chi connectivity index (χ1) is 16.4. The number of aliphatic carboxylic acids is 1. The summed E-state index contributed by atoms with van der Waals surface area (Å²) in [5.74, 6) is 5.35. The highest BCUT2D eigenvalue weighted by atomic mass is 35.5. The lowest BCUT2D eigenvalue weighted by Crippen LogP contribution is -2.17. The lowest BCUT2D eigenvalue weighted by molar-refractivity contribution is -0.139. The molecule has 5 rings (SSSR count). The second kappa shape index (κ2) is 8.80. The van der Waals surface area contributed by atoms with Crippen LogP contribution in [-0.2, 0) is 14.9 Å². The number of carboxylic acids is 1. The van der Waals surface area contributed by atoms with Crippen molar-refractivity contribution in [3.63, 3.8) is 0 Å². The van der Waals surface area contributed by atoms with Gasteiger partial charge in [-0.3, -0.25) is 10.1 Å². The molecule has 1 aliphatic carbocycles. The SMILES string of the molecule is CC(OC(=O)Nc1cnoc1C#Cc1cc2cc(C3(C(=O)O)CC3)sc2s1)c1ccccc1Cl. The fourth-order valence-electron chi connectivity index (χ4n) is 3.53. The van der Waals surface area contributed by atoms with Crippen LogP contribution in [0.4, 0.5) is 10.5 Å². The lowest BCUT2D eigenvalue weighted by atomic mass is 10.1. The van der Waals surface area contributed by atoms with Gasteiger partial charge in [0, 0.05) is 20.8 Å². The van der Waals surface area contributed by atoms with E-state index in [1.165, 1.54) is 28.9 Å². The minimum Gasteiger partial charge on any atom is -0.481 e. The highest BCUT2D eigenvalue weighted by Crippen LogP contribution is 2.52. The van der Waals surface area contributed by atoms with Crippen LogP contribution < -0.4 is 5.32 Å². The summed E-state index contributed by atoms with van der Waals surface area (Å²) in [6.45, 7) is 1.73. The summed E-state index contributed by atoms with van der Waals surface area (Å²) >= 11 is 9.15. The van der Waals surface area contributed by atoms with Crippen LogP contribution in [0.15, 0.2) is 47.1 Å². The molecular weight excluding hydrogens is 496 g/mol. The zero-order valence-electron chi connectivity index (χ0n) is 17.8. The Hall–Kier alpha value is -3.32. The number of carbonyl (C=O) groups is 2. The van der Waals surface area contributed by atoms with Crippen LogP contribution in [0.1, 0.15) is 46.9 Å². The Balaban J connectivity index is 1.27. The van der Waals surface area contributed by atoms with E-state index in [9.17, 15) is 14.7 Å². The van der Waals surface area contributed by atoms with E-state index in [1.807, 2.05) is 18.2 Å². The quantitative estimate of drug-likeness (QED) is 0.299. The molecule has 1 saturated carbocycles. The lowest BCUT2D eigenvalue weighted by Gasteiger charge is -2.14. The molecule has 1 fully saturated rings. The van der Waals surface area contributed by atoms with E-state index in [0.717, 1.165) is 19.2 Å². The number of halogens is 1. The van der Waals surface area contributed by atoms with Gasteiger partial charge in [0.1, 0.15) is 17.2 Å². The van der Waals surface area contributed by atoms with Crippen LogP contribution in [-0.4, -0.2) is 22.3 Å². The van der Waals surface area contributed by atoms with Crippen LogP contribution in [0.2, 0.25) is 5.02 Å². The Labute approximate surface area is 207 Å². The molecule has 0 bridgehead atoms. The number of amides is 1. The van der Waals surface area contributed by atoms with Crippen molar-refractivity contribution in [2.24, 2.45) is 0 Å². The third-order valence-corrected chi connectivity index (χ3v) is 8.43. The molecule has 0 spiro atoms. The average molecular weight is 513 g/mol. The number of carboxylic acid groups (broad SMARTS) is 1. The summed E-state index contributed by atoms with van der Waals surface area (Å²) < 4.78 is 11.6. The van der Waals surface area contributed by atoms with Gasteiger partial charge in [0.25, 0.3) is 0 Å². The van der Waals surface area contributed by atoms with E-state index >= 15 is 0 Å². The van der Waals surface area contributed by atoms with Gasteiger partial charge in [0.2, 0.25) is 5.76 Å². The Morgan fingerprint density at radius 1 is 1.26 bits per heavy atom. The molecule has 1 aliphatic rings. The van der Waals surface area contributed by atoms with Crippen molar-refractivity contribution >= 4 is 61.4 Å². The first kappa shape index (κ1) is 22.5. The van der Waals surface area contributed by atoms with E-state index in [-0.39, 0.29) is 5.76 Å². The number of hydrogen-bond donors (Lipinski definition) is 2. The predicted octanol–water partition coefficient (Wildman–Crippen LogP) is 6.43. The van der Waals surface area contributed by atoms with E-state index < -0.39 is 23.6 Å². The number of aromatic nitrogens is 1. The first-order valence-corrected chi connectivity index (χ1v) is 12.3. The minimum absolute atomic E-state index is 0.197. The number of hydrogen-bond acceptors (Lipinski definition) is 7. The molecule has 34 heavy (non-hydrogen) atoms. The van der Waals surface area contributed by atoms with Crippen molar-refractivity contribution in [1.29, 1.82) is 0 Å². The average Bonchev–Trinajstić information content (AvgIpc) is 3.12. The monoisotopic (exact) mass is 512 g/mol. The molecule has 3 aromatic heterocycles. The molecule has 1 unspecified atom stereocenters. The molecule has 0 radical (unpaired) electrons. The Morgan fingerprint density at radius 3 is 2.76 bits per heavy atom. The Bertz CT molecular complexity index is 1440.